The molecule has 0 spiro atoms. The minimum absolute atomic E-state index is 0.0572. The van der Waals surface area contributed by atoms with Crippen LogP contribution in [0.3, 0.4) is 0 Å². The lowest BCUT2D eigenvalue weighted by Gasteiger charge is -2.00. The van der Waals surface area contributed by atoms with Crippen LogP contribution in [0.5, 0.6) is 0 Å². The Morgan fingerprint density at radius 3 is 2.85 bits per heavy atom. The quantitative estimate of drug-likeness (QED) is 0.520. The maximum atomic E-state index is 11.5. The number of rotatable bonds is 4. The van der Waals surface area contributed by atoms with Crippen molar-refractivity contribution in [3.63, 3.8) is 0 Å². The van der Waals surface area contributed by atoms with Crippen LogP contribution in [0.1, 0.15) is 30.1 Å². The molecule has 0 radical (unpaired) electrons. The van der Waals surface area contributed by atoms with Crippen LogP contribution in [0.2, 0.25) is 0 Å². The van der Waals surface area contributed by atoms with Gasteiger partial charge in [0.15, 0.2) is 5.78 Å². The molecule has 0 aliphatic heterocycles. The SMILES string of the molecule is C=C(CC)CC(=O)c1ccnnc1. The average Bonchev–Trinajstić information content (AvgIpc) is 2.19. The van der Waals surface area contributed by atoms with E-state index in [9.17, 15) is 4.79 Å². The van der Waals surface area contributed by atoms with Crippen LogP contribution in [0.4, 0.5) is 0 Å². The molecule has 3 nitrogen and oxygen atoms in total. The summed E-state index contributed by atoms with van der Waals surface area (Å²) in [5.74, 6) is 0.0572. The van der Waals surface area contributed by atoms with Gasteiger partial charge >= 0.3 is 0 Å². The maximum absolute atomic E-state index is 11.5. The van der Waals surface area contributed by atoms with E-state index in [-0.39, 0.29) is 5.78 Å². The molecule has 0 N–H and O–H groups in total. The highest BCUT2D eigenvalue weighted by Crippen LogP contribution is 2.08. The molecule has 0 unspecified atom stereocenters. The van der Waals surface area contributed by atoms with Gasteiger partial charge in [0.25, 0.3) is 0 Å². The van der Waals surface area contributed by atoms with Crippen molar-refractivity contribution in [2.24, 2.45) is 0 Å². The third-order valence-corrected chi connectivity index (χ3v) is 1.82. The Bertz CT molecular complexity index is 306. The summed E-state index contributed by atoms with van der Waals surface area (Å²) >= 11 is 0. The second kappa shape index (κ2) is 4.50. The molecule has 3 heteroatoms. The van der Waals surface area contributed by atoms with Crippen molar-refractivity contribution in [1.29, 1.82) is 0 Å². The molecule has 13 heavy (non-hydrogen) atoms. The molecule has 0 aliphatic rings. The van der Waals surface area contributed by atoms with Gasteiger partial charge in [-0.05, 0) is 12.5 Å². The molecule has 1 aromatic heterocycles. The van der Waals surface area contributed by atoms with Crippen molar-refractivity contribution in [3.8, 4) is 0 Å². The largest absolute Gasteiger partial charge is 0.294 e. The Balaban J connectivity index is 2.65. The summed E-state index contributed by atoms with van der Waals surface area (Å²) in [6, 6.07) is 1.66. The van der Waals surface area contributed by atoms with Gasteiger partial charge in [0.1, 0.15) is 0 Å². The van der Waals surface area contributed by atoms with Crippen molar-refractivity contribution in [3.05, 3.63) is 36.2 Å². The predicted molar refractivity (Wildman–Crippen MR) is 50.4 cm³/mol. The Kier molecular flexibility index (Phi) is 3.31. The van der Waals surface area contributed by atoms with Crippen LogP contribution >= 0.6 is 0 Å². The normalized spacial score (nSPS) is 9.62. The monoisotopic (exact) mass is 176 g/mol. The molecule has 0 saturated carbocycles. The fourth-order valence-electron chi connectivity index (χ4n) is 0.910. The van der Waals surface area contributed by atoms with Gasteiger partial charge in [-0.15, -0.1) is 0 Å². The van der Waals surface area contributed by atoms with Gasteiger partial charge in [0, 0.05) is 12.0 Å². The summed E-state index contributed by atoms with van der Waals surface area (Å²) < 4.78 is 0. The lowest BCUT2D eigenvalue weighted by molar-refractivity contribution is 0.0992. The van der Waals surface area contributed by atoms with Gasteiger partial charge in [0.2, 0.25) is 0 Å². The zero-order valence-corrected chi connectivity index (χ0v) is 7.66. The van der Waals surface area contributed by atoms with Crippen LogP contribution < -0.4 is 0 Å². The minimum Gasteiger partial charge on any atom is -0.294 e. The molecule has 0 fully saturated rings. The van der Waals surface area contributed by atoms with Crippen molar-refractivity contribution in [1.82, 2.24) is 10.2 Å². The Hall–Kier alpha value is -1.51. The van der Waals surface area contributed by atoms with Crippen molar-refractivity contribution >= 4 is 5.78 Å². The zero-order chi connectivity index (χ0) is 9.68. The number of hydrogen-bond acceptors (Lipinski definition) is 3. The second-order valence-corrected chi connectivity index (χ2v) is 2.83. The summed E-state index contributed by atoms with van der Waals surface area (Å²) in [4.78, 5) is 11.5. The summed E-state index contributed by atoms with van der Waals surface area (Å²) in [5.41, 5.74) is 1.55. The second-order valence-electron chi connectivity index (χ2n) is 2.83. The van der Waals surface area contributed by atoms with E-state index in [1.807, 2.05) is 6.92 Å². The number of allylic oxidation sites excluding steroid dienone is 1. The van der Waals surface area contributed by atoms with Crippen LogP contribution in [-0.4, -0.2) is 16.0 Å². The Labute approximate surface area is 77.5 Å². The van der Waals surface area contributed by atoms with E-state index in [1.54, 1.807) is 6.07 Å². The first-order valence-electron chi connectivity index (χ1n) is 4.20. The van der Waals surface area contributed by atoms with E-state index in [1.165, 1.54) is 12.4 Å². The number of Topliss-reactive ketones (excluding diaryl/α,β-unsaturated/α-hetero) is 1. The third-order valence-electron chi connectivity index (χ3n) is 1.82. The van der Waals surface area contributed by atoms with E-state index < -0.39 is 0 Å². The van der Waals surface area contributed by atoms with Crippen molar-refractivity contribution < 1.29 is 4.79 Å². The zero-order valence-electron chi connectivity index (χ0n) is 7.66. The molecular weight excluding hydrogens is 164 g/mol. The van der Waals surface area contributed by atoms with Crippen LogP contribution in [-0.2, 0) is 0 Å². The molecule has 0 aliphatic carbocycles. The smallest absolute Gasteiger partial charge is 0.168 e. The van der Waals surface area contributed by atoms with Crippen molar-refractivity contribution in [2.45, 2.75) is 19.8 Å². The molecule has 1 rings (SSSR count). The minimum atomic E-state index is 0.0572. The number of carbonyl (C=O) groups is 1. The molecule has 0 atom stereocenters. The van der Waals surface area contributed by atoms with Gasteiger partial charge in [-0.25, -0.2) is 0 Å². The predicted octanol–water partition coefficient (Wildman–Crippen LogP) is 2.02. The number of hydrogen-bond donors (Lipinski definition) is 0. The Morgan fingerprint density at radius 1 is 1.54 bits per heavy atom. The van der Waals surface area contributed by atoms with Gasteiger partial charge in [-0.2, -0.15) is 10.2 Å². The fraction of sp³-hybridized carbons (Fsp3) is 0.300. The lowest BCUT2D eigenvalue weighted by Crippen LogP contribution is -2.00. The first-order valence-corrected chi connectivity index (χ1v) is 4.20. The number of aromatic nitrogens is 2. The topological polar surface area (TPSA) is 42.9 Å². The summed E-state index contributed by atoms with van der Waals surface area (Å²) in [6.07, 6.45) is 4.24. The lowest BCUT2D eigenvalue weighted by atomic mass is 10.0. The van der Waals surface area contributed by atoms with E-state index in [0.717, 1.165) is 12.0 Å². The number of nitrogens with zero attached hydrogens (tertiary/aromatic N) is 2. The molecule has 0 amide bonds. The molecular formula is C10H12N2O. The third kappa shape index (κ3) is 2.78. The van der Waals surface area contributed by atoms with Crippen LogP contribution in [0.15, 0.2) is 30.6 Å². The molecule has 0 bridgehead atoms. The molecule has 0 saturated heterocycles. The van der Waals surface area contributed by atoms with Gasteiger partial charge in [0.05, 0.1) is 12.4 Å². The Morgan fingerprint density at radius 2 is 2.31 bits per heavy atom. The standard InChI is InChI=1S/C10H12N2O/c1-3-8(2)6-10(13)9-4-5-11-12-7-9/h4-5,7H,2-3,6H2,1H3. The highest BCUT2D eigenvalue weighted by Gasteiger charge is 2.06. The van der Waals surface area contributed by atoms with E-state index in [0.29, 0.717) is 12.0 Å². The fourth-order valence-corrected chi connectivity index (χ4v) is 0.910. The summed E-state index contributed by atoms with van der Waals surface area (Å²) in [7, 11) is 0. The first-order chi connectivity index (χ1) is 6.24. The average molecular weight is 176 g/mol. The highest BCUT2D eigenvalue weighted by atomic mass is 16.1. The molecule has 1 heterocycles. The first kappa shape index (κ1) is 9.58. The molecule has 1 aromatic rings. The summed E-state index contributed by atoms with van der Waals surface area (Å²) in [6.45, 7) is 5.77. The van der Waals surface area contributed by atoms with Crippen LogP contribution in [0.25, 0.3) is 0 Å². The highest BCUT2D eigenvalue weighted by molar-refractivity contribution is 5.97. The van der Waals surface area contributed by atoms with Gasteiger partial charge in [-0.3, -0.25) is 4.79 Å². The van der Waals surface area contributed by atoms with E-state index in [4.69, 9.17) is 0 Å². The maximum Gasteiger partial charge on any atom is 0.168 e. The number of ketones is 1. The number of carbonyl (C=O) groups excluding carboxylic acids is 1. The van der Waals surface area contributed by atoms with Gasteiger partial charge in [-0.1, -0.05) is 19.1 Å². The van der Waals surface area contributed by atoms with Crippen LogP contribution in [0, 0.1) is 0 Å². The molecule has 68 valence electrons. The van der Waals surface area contributed by atoms with Gasteiger partial charge < -0.3 is 0 Å². The summed E-state index contributed by atoms with van der Waals surface area (Å²) in [5, 5.41) is 7.24. The van der Waals surface area contributed by atoms with Crippen molar-refractivity contribution in [2.75, 3.05) is 0 Å². The van der Waals surface area contributed by atoms with E-state index >= 15 is 0 Å². The molecule has 0 aromatic carbocycles. The van der Waals surface area contributed by atoms with E-state index in [2.05, 4.69) is 16.8 Å².